The number of benzene rings is 1. The third-order valence-corrected chi connectivity index (χ3v) is 32.4. The number of hydrogen-bond donors (Lipinski definition) is 0. The Morgan fingerprint density at radius 3 is 1.02 bits per heavy atom. The van der Waals surface area contributed by atoms with E-state index in [1.807, 2.05) is 58.2 Å². The Balaban J connectivity index is 0.000000175. The fourth-order valence-electron chi connectivity index (χ4n) is 24.1. The van der Waals surface area contributed by atoms with Crippen molar-refractivity contribution >= 4 is 23.8 Å². The van der Waals surface area contributed by atoms with E-state index in [2.05, 4.69) is 271 Å². The maximum atomic E-state index is 12.6. The summed E-state index contributed by atoms with van der Waals surface area (Å²) in [6, 6.07) is 12.4. The first-order valence-electron chi connectivity index (χ1n) is 47.9. The van der Waals surface area contributed by atoms with Crippen LogP contribution in [0.1, 0.15) is 429 Å². The van der Waals surface area contributed by atoms with E-state index in [0.717, 1.165) is 94.2 Å². The van der Waals surface area contributed by atoms with Gasteiger partial charge in [0.2, 0.25) is 0 Å². The molecule has 0 atom stereocenters. The fourth-order valence-corrected chi connectivity index (χ4v) is 24.1. The van der Waals surface area contributed by atoms with E-state index >= 15 is 0 Å². The van der Waals surface area contributed by atoms with Gasteiger partial charge in [0.15, 0.2) is 17.2 Å². The molecule has 123 heavy (non-hydrogen) atoms. The Morgan fingerprint density at radius 2 is 0.699 bits per heavy atom. The van der Waals surface area contributed by atoms with E-state index < -0.39 is 5.60 Å². The minimum absolute atomic E-state index is 0.0109. The topological polar surface area (TPSA) is 247 Å². The number of rotatable bonds is 16. The lowest BCUT2D eigenvalue weighted by atomic mass is 9.54. The molecule has 7 heterocycles. The van der Waals surface area contributed by atoms with Crippen LogP contribution in [0.2, 0.25) is 0 Å². The SMILES string of the molecule is CC(=O)c1cn(C2CCC(C(C)C)(C(C)(C)C)CC2)nn1.CC(C)C1(C(C)(C)C)CCC(n2cc(-c3ccccc3)nn2)CC1.CC(C)C1(C(C)(C)C)CCC(n2cc(C(=O)N3CCCCC3)nn2)CC1.CC(C)C1(C(C)(C)C)CCC(n2cc(C3CN(C(=O)OC(C)(C)C)C3)nn2)CC1.CCOC(=O)c1cn(C2CCC(C(C)C)(C(C)(C)C)CC2)nn1. The lowest BCUT2D eigenvalue weighted by molar-refractivity contribution is -0.0219. The standard InChI is InChI=1S/C23H40N4O2.C21H36N4O.C21H31N3.C18H31N3O2.C17H29N3O/c1-16(2)23(21(3,4)5)11-9-18(10-12-23)27-15-19(24-25-27)17-13-26(14-17)20(28)29-22(6,7)8;1-16(2)21(20(3,4)5)11-9-17(10-12-21)25-15-18(22-23-25)19(26)24-13-7-6-8-14-24;1-16(2)21(20(3,4)5)13-11-18(12-14-21)24-15-19(22-23-24)17-9-7-6-8-10-17;1-7-23-16(22)15-12-21(20-19-15)14-8-10-18(11-9-14,13(2)3)17(4,5)6;1-12(2)17(16(4,5)6)9-7-14(8-10-17)20-11-15(13(3)21)18-19-20/h15-18H,9-14H2,1-8H3;15-17H,6-14H2,1-5H3;6-10,15-16,18H,11-14H2,1-5H3;12-14H,7-11H2,1-6H3;11-12,14H,7-10H2,1-6H3. The lowest BCUT2D eigenvalue weighted by Crippen LogP contribution is -2.50. The second-order valence-corrected chi connectivity index (χ2v) is 46.0. The van der Waals surface area contributed by atoms with E-state index in [0.29, 0.717) is 151 Å². The number of amides is 2. The highest BCUT2D eigenvalue weighted by atomic mass is 16.6. The van der Waals surface area contributed by atoms with E-state index in [4.69, 9.17) is 9.47 Å². The smallest absolute Gasteiger partial charge is 0.410 e. The van der Waals surface area contributed by atoms with Crippen LogP contribution in [0.25, 0.3) is 11.3 Å². The molecule has 2 amide bonds. The van der Waals surface area contributed by atoms with Gasteiger partial charge in [-0.1, -0.05) is 229 Å². The van der Waals surface area contributed by atoms with E-state index in [9.17, 15) is 19.2 Å². The van der Waals surface area contributed by atoms with E-state index in [-0.39, 0.29) is 29.7 Å². The fraction of sp³-hybridized carbons (Fsp3) is 0.800. The quantitative estimate of drug-likeness (QED) is 0.0645. The van der Waals surface area contributed by atoms with Crippen molar-refractivity contribution in [2.45, 2.75) is 397 Å². The van der Waals surface area contributed by atoms with Gasteiger partial charge in [0.05, 0.1) is 67.3 Å². The first-order chi connectivity index (χ1) is 57.3. The maximum absolute atomic E-state index is 12.6. The van der Waals surface area contributed by atoms with Crippen molar-refractivity contribution in [1.29, 1.82) is 0 Å². The molecule has 6 aromatic rings. The summed E-state index contributed by atoms with van der Waals surface area (Å²) in [7, 11) is 0. The van der Waals surface area contributed by atoms with Gasteiger partial charge >= 0.3 is 12.1 Å². The highest BCUT2D eigenvalue weighted by Gasteiger charge is 2.52. The van der Waals surface area contributed by atoms with Crippen molar-refractivity contribution in [3.8, 4) is 11.3 Å². The van der Waals surface area contributed by atoms with E-state index in [1.54, 1.807) is 24.9 Å². The molecule has 5 saturated carbocycles. The third-order valence-electron chi connectivity index (χ3n) is 32.4. The number of carbonyl (C=O) groups excluding carboxylic acids is 4. The number of ketones is 1. The molecule has 1 aromatic carbocycles. The zero-order chi connectivity index (χ0) is 91.0. The number of ether oxygens (including phenoxy) is 2. The Morgan fingerprint density at radius 1 is 0.390 bits per heavy atom. The predicted octanol–water partition coefficient (Wildman–Crippen LogP) is 24.4. The van der Waals surface area contributed by atoms with Crippen LogP contribution in [0.15, 0.2) is 61.3 Å². The van der Waals surface area contributed by atoms with Crippen LogP contribution in [-0.4, -0.2) is 147 Å². The molecule has 5 aromatic heterocycles. The first kappa shape index (κ1) is 99.6. The minimum Gasteiger partial charge on any atom is -0.461 e. The molecule has 0 N–H and O–H groups in total. The summed E-state index contributed by atoms with van der Waals surface area (Å²) in [5, 5.41) is 42.5. The average Bonchev–Trinajstić information content (AvgIpc) is 1.74. The number of Topliss-reactive ketones (excluding diaryl/α,β-unsaturated/α-hetero) is 1. The van der Waals surface area contributed by atoms with Crippen molar-refractivity contribution in [1.82, 2.24) is 84.8 Å². The highest BCUT2D eigenvalue weighted by Crippen LogP contribution is 2.61. The van der Waals surface area contributed by atoms with Gasteiger partial charge in [-0.3, -0.25) is 9.59 Å². The summed E-state index contributed by atoms with van der Waals surface area (Å²) in [6.07, 6.45) is 36.5. The van der Waals surface area contributed by atoms with Crippen LogP contribution in [0.4, 0.5) is 4.79 Å². The summed E-state index contributed by atoms with van der Waals surface area (Å²) in [5.74, 6) is 3.34. The maximum Gasteiger partial charge on any atom is 0.410 e. The number of esters is 1. The molecule has 0 unspecified atom stereocenters. The molecule has 2 saturated heterocycles. The average molecular weight is 1700 g/mol. The molecule has 0 radical (unpaired) electrons. The molecule has 23 nitrogen and oxygen atoms in total. The van der Waals surface area contributed by atoms with Gasteiger partial charge in [-0.2, -0.15) is 0 Å². The van der Waals surface area contributed by atoms with Gasteiger partial charge in [0.1, 0.15) is 17.0 Å². The van der Waals surface area contributed by atoms with Gasteiger partial charge in [0.25, 0.3) is 5.91 Å². The largest absolute Gasteiger partial charge is 0.461 e. The predicted molar refractivity (Wildman–Crippen MR) is 493 cm³/mol. The molecule has 0 spiro atoms. The zero-order valence-electron chi connectivity index (χ0n) is 82.5. The third kappa shape index (κ3) is 22.9. The molecule has 688 valence electrons. The lowest BCUT2D eigenvalue weighted by Gasteiger charge is -2.52. The number of aromatic nitrogens is 15. The molecule has 7 fully saturated rings. The summed E-state index contributed by atoms with van der Waals surface area (Å²) in [6.45, 7) is 71.9. The molecule has 13 rings (SSSR count). The first-order valence-corrected chi connectivity index (χ1v) is 47.9. The van der Waals surface area contributed by atoms with Gasteiger partial charge < -0.3 is 19.3 Å². The number of nitrogens with zero attached hydrogens (tertiary/aromatic N) is 17. The van der Waals surface area contributed by atoms with Gasteiger partial charge in [0, 0.05) is 50.8 Å². The van der Waals surface area contributed by atoms with Crippen molar-refractivity contribution in [2.24, 2.45) is 83.7 Å². The number of carbonyl (C=O) groups is 4. The molecule has 5 aliphatic carbocycles. The summed E-state index contributed by atoms with van der Waals surface area (Å²) in [5.41, 5.74) is 7.55. The van der Waals surface area contributed by atoms with Crippen molar-refractivity contribution in [3.63, 3.8) is 0 Å². The molecule has 0 bridgehead atoms. The van der Waals surface area contributed by atoms with Crippen LogP contribution in [0.3, 0.4) is 0 Å². The van der Waals surface area contributed by atoms with Crippen molar-refractivity contribution in [2.75, 3.05) is 32.8 Å². The van der Waals surface area contributed by atoms with Crippen molar-refractivity contribution < 1.29 is 28.7 Å². The Labute approximate surface area is 742 Å². The van der Waals surface area contributed by atoms with Crippen LogP contribution >= 0.6 is 0 Å². The van der Waals surface area contributed by atoms with Crippen LogP contribution in [-0.2, 0) is 9.47 Å². The van der Waals surface area contributed by atoms with Gasteiger partial charge in [-0.15, -0.1) is 25.5 Å². The summed E-state index contributed by atoms with van der Waals surface area (Å²) in [4.78, 5) is 51.5. The molecule has 7 aliphatic rings. The van der Waals surface area contributed by atoms with Crippen molar-refractivity contribution in [3.05, 3.63) is 84.1 Å². The second-order valence-electron chi connectivity index (χ2n) is 46.0. The monoisotopic (exact) mass is 1700 g/mol. The zero-order valence-corrected chi connectivity index (χ0v) is 82.5. The number of likely N-dealkylation sites (tertiary alicyclic amines) is 2. The second kappa shape index (κ2) is 40.0. The molecular formula is C100H167N17O6. The highest BCUT2D eigenvalue weighted by molar-refractivity contribution is 5.92. The minimum atomic E-state index is -0.454. The Hall–Kier alpha value is -7.20. The molecule has 2 aliphatic heterocycles. The Kier molecular flexibility index (Phi) is 32.4. The summed E-state index contributed by atoms with van der Waals surface area (Å²) >= 11 is 0. The number of piperidine rings is 1. The van der Waals surface area contributed by atoms with Crippen LogP contribution in [0, 0.1) is 83.7 Å². The van der Waals surface area contributed by atoms with Gasteiger partial charge in [-0.25, -0.2) is 33.0 Å². The van der Waals surface area contributed by atoms with Crippen LogP contribution in [0.5, 0.6) is 0 Å². The molecular weight excluding hydrogens is 1540 g/mol. The van der Waals surface area contributed by atoms with E-state index in [1.165, 1.54) is 83.5 Å². The Bertz CT molecular complexity index is 4290. The molecule has 23 heteroatoms. The van der Waals surface area contributed by atoms with Gasteiger partial charge in [-0.05, 0) is 259 Å². The number of hydrogen-bond acceptors (Lipinski definition) is 16. The van der Waals surface area contributed by atoms with Crippen LogP contribution < -0.4 is 0 Å². The normalized spacial score (nSPS) is 26.4. The summed E-state index contributed by atoms with van der Waals surface area (Å²) < 4.78 is 20.3.